The maximum absolute atomic E-state index is 12.2. The normalized spacial score (nSPS) is 26.0. The van der Waals surface area contributed by atoms with E-state index in [0.717, 1.165) is 0 Å². The van der Waals surface area contributed by atoms with Gasteiger partial charge in [-0.3, -0.25) is 19.1 Å². The van der Waals surface area contributed by atoms with Crippen LogP contribution >= 0.6 is 0 Å². The van der Waals surface area contributed by atoms with Crippen molar-refractivity contribution in [2.24, 2.45) is 0 Å². The molecule has 3 rings (SSSR count). The van der Waals surface area contributed by atoms with Crippen LogP contribution in [0.15, 0.2) is 33.9 Å². The number of nitrogens with one attached hydrogen (secondary N) is 2. The van der Waals surface area contributed by atoms with Gasteiger partial charge in [0.25, 0.3) is 5.56 Å². The van der Waals surface area contributed by atoms with Gasteiger partial charge in [0.05, 0.1) is 30.1 Å². The van der Waals surface area contributed by atoms with Crippen LogP contribution in [0.3, 0.4) is 0 Å². The number of para-hydroxylation sites is 1. The number of fused-ring (bicyclic) bond motifs is 1. The van der Waals surface area contributed by atoms with Crippen molar-refractivity contribution < 1.29 is 19.7 Å². The Morgan fingerprint density at radius 3 is 2.77 bits per heavy atom. The molecule has 2 aromatic rings. The zero-order valence-electron chi connectivity index (χ0n) is 14.2. The van der Waals surface area contributed by atoms with Gasteiger partial charge < -0.3 is 20.3 Å². The first-order valence-corrected chi connectivity index (χ1v) is 8.41. The third-order valence-electron chi connectivity index (χ3n) is 4.57. The Bertz CT molecular complexity index is 921. The molecule has 1 aliphatic rings. The first-order chi connectivity index (χ1) is 12.4. The summed E-state index contributed by atoms with van der Waals surface area (Å²) in [6.07, 6.45) is -3.15. The molecule has 26 heavy (non-hydrogen) atoms. The SMILES string of the molecule is CCC(=O)N[C@@H]1CO[C@H](Cn2c(=O)[nH]c(=O)c3ccccc32)[C@@H](O)[C@H]1O. The highest BCUT2D eigenvalue weighted by Crippen LogP contribution is 2.18. The molecule has 4 atom stereocenters. The Morgan fingerprint density at radius 2 is 2.04 bits per heavy atom. The fourth-order valence-electron chi connectivity index (χ4n) is 3.08. The average molecular weight is 363 g/mol. The molecule has 1 aliphatic heterocycles. The molecule has 0 saturated carbocycles. The van der Waals surface area contributed by atoms with Gasteiger partial charge in [-0.05, 0) is 12.1 Å². The minimum absolute atomic E-state index is 0.00463. The van der Waals surface area contributed by atoms with E-state index in [2.05, 4.69) is 10.3 Å². The highest BCUT2D eigenvalue weighted by molar-refractivity contribution is 5.77. The van der Waals surface area contributed by atoms with Crippen molar-refractivity contribution in [3.63, 3.8) is 0 Å². The molecule has 4 N–H and O–H groups in total. The van der Waals surface area contributed by atoms with Crippen LogP contribution < -0.4 is 16.6 Å². The molecule has 0 bridgehead atoms. The van der Waals surface area contributed by atoms with Crippen molar-refractivity contribution in [1.29, 1.82) is 0 Å². The third kappa shape index (κ3) is 3.41. The number of rotatable bonds is 4. The van der Waals surface area contributed by atoms with E-state index < -0.39 is 35.6 Å². The number of amides is 1. The van der Waals surface area contributed by atoms with Gasteiger partial charge in [-0.2, -0.15) is 0 Å². The molecule has 1 fully saturated rings. The summed E-state index contributed by atoms with van der Waals surface area (Å²) in [4.78, 5) is 37.8. The molecule has 1 aromatic carbocycles. The Kier molecular flexibility index (Phi) is 5.21. The van der Waals surface area contributed by atoms with Gasteiger partial charge in [0.15, 0.2) is 0 Å². The van der Waals surface area contributed by atoms with Gasteiger partial charge in [-0.1, -0.05) is 19.1 Å². The van der Waals surface area contributed by atoms with Gasteiger partial charge in [0, 0.05) is 6.42 Å². The number of hydrogen-bond acceptors (Lipinski definition) is 6. The highest BCUT2D eigenvalue weighted by atomic mass is 16.5. The van der Waals surface area contributed by atoms with E-state index in [9.17, 15) is 24.6 Å². The van der Waals surface area contributed by atoms with E-state index in [0.29, 0.717) is 10.9 Å². The number of hydrogen-bond donors (Lipinski definition) is 4. The molecule has 140 valence electrons. The summed E-state index contributed by atoms with van der Waals surface area (Å²) in [5.74, 6) is -0.258. The van der Waals surface area contributed by atoms with Crippen LogP contribution in [0.2, 0.25) is 0 Å². The van der Waals surface area contributed by atoms with Crippen LogP contribution in [0.5, 0.6) is 0 Å². The van der Waals surface area contributed by atoms with E-state index in [4.69, 9.17) is 4.74 Å². The van der Waals surface area contributed by atoms with Crippen molar-refractivity contribution >= 4 is 16.8 Å². The molecule has 9 nitrogen and oxygen atoms in total. The maximum atomic E-state index is 12.2. The van der Waals surface area contributed by atoms with Crippen LogP contribution in [0.1, 0.15) is 13.3 Å². The van der Waals surface area contributed by atoms with Crippen molar-refractivity contribution in [2.75, 3.05) is 6.61 Å². The predicted molar refractivity (Wildman–Crippen MR) is 92.8 cm³/mol. The fourth-order valence-corrected chi connectivity index (χ4v) is 3.08. The lowest BCUT2D eigenvalue weighted by atomic mass is 9.97. The number of carbonyl (C=O) groups excluding carboxylic acids is 1. The summed E-state index contributed by atoms with van der Waals surface area (Å²) < 4.78 is 6.87. The molecular formula is C17H21N3O6. The number of benzene rings is 1. The zero-order valence-corrected chi connectivity index (χ0v) is 14.2. The summed E-state index contributed by atoms with van der Waals surface area (Å²) in [5.41, 5.74) is -0.706. The average Bonchev–Trinajstić information content (AvgIpc) is 2.64. The molecule has 9 heteroatoms. The minimum Gasteiger partial charge on any atom is -0.388 e. The fraction of sp³-hybridized carbons (Fsp3) is 0.471. The standard InChI is InChI=1S/C17H21N3O6/c1-2-13(21)18-10-8-26-12(15(23)14(10)22)7-20-11-6-4-3-5-9(11)16(24)19-17(20)25/h3-6,10,12,14-15,22-23H,2,7-8H2,1H3,(H,18,21)(H,19,24,25)/t10-,12-,14+,15-/m1/s1. The summed E-state index contributed by atoms with van der Waals surface area (Å²) in [5, 5.41) is 23.6. The molecule has 2 heterocycles. The van der Waals surface area contributed by atoms with Gasteiger partial charge >= 0.3 is 5.69 Å². The van der Waals surface area contributed by atoms with E-state index in [1.807, 2.05) is 0 Å². The van der Waals surface area contributed by atoms with E-state index in [1.54, 1.807) is 31.2 Å². The van der Waals surface area contributed by atoms with Crippen LogP contribution in [0.25, 0.3) is 10.9 Å². The van der Waals surface area contributed by atoms with E-state index >= 15 is 0 Å². The largest absolute Gasteiger partial charge is 0.388 e. The summed E-state index contributed by atoms with van der Waals surface area (Å²) in [6, 6.07) is 5.87. The topological polar surface area (TPSA) is 134 Å². The first kappa shape index (κ1) is 18.3. The first-order valence-electron chi connectivity index (χ1n) is 8.41. The minimum atomic E-state index is -1.30. The Labute approximate surface area is 148 Å². The van der Waals surface area contributed by atoms with Crippen molar-refractivity contribution in [3.8, 4) is 0 Å². The monoisotopic (exact) mass is 363 g/mol. The summed E-state index contributed by atoms with van der Waals surface area (Å²) in [6.45, 7) is 1.63. The van der Waals surface area contributed by atoms with Crippen LogP contribution in [-0.4, -0.2) is 56.6 Å². The van der Waals surface area contributed by atoms with Crippen LogP contribution in [0.4, 0.5) is 0 Å². The number of ether oxygens (including phenoxy) is 1. The van der Waals surface area contributed by atoms with Crippen LogP contribution in [-0.2, 0) is 16.1 Å². The molecule has 1 amide bonds. The van der Waals surface area contributed by atoms with Crippen molar-refractivity contribution in [2.45, 2.75) is 44.2 Å². The van der Waals surface area contributed by atoms with Gasteiger partial charge in [0.1, 0.15) is 18.3 Å². The molecular weight excluding hydrogens is 342 g/mol. The highest BCUT2D eigenvalue weighted by Gasteiger charge is 2.39. The Balaban J connectivity index is 1.85. The van der Waals surface area contributed by atoms with Gasteiger partial charge in [-0.15, -0.1) is 0 Å². The number of aromatic nitrogens is 2. The molecule has 0 unspecified atom stereocenters. The molecule has 0 aliphatic carbocycles. The second kappa shape index (κ2) is 7.40. The number of carbonyl (C=O) groups is 1. The van der Waals surface area contributed by atoms with Crippen molar-refractivity contribution in [3.05, 3.63) is 45.1 Å². The number of aromatic amines is 1. The lowest BCUT2D eigenvalue weighted by Gasteiger charge is -2.38. The second-order valence-corrected chi connectivity index (χ2v) is 6.27. The third-order valence-corrected chi connectivity index (χ3v) is 4.57. The zero-order chi connectivity index (χ0) is 18.8. The molecule has 0 spiro atoms. The summed E-state index contributed by atoms with van der Waals surface area (Å²) >= 11 is 0. The number of aliphatic hydroxyl groups excluding tert-OH is 2. The number of nitrogens with zero attached hydrogens (tertiary/aromatic N) is 1. The summed E-state index contributed by atoms with van der Waals surface area (Å²) in [7, 11) is 0. The molecule has 0 radical (unpaired) electrons. The van der Waals surface area contributed by atoms with E-state index in [1.165, 1.54) is 4.57 Å². The second-order valence-electron chi connectivity index (χ2n) is 6.27. The van der Waals surface area contributed by atoms with Crippen molar-refractivity contribution in [1.82, 2.24) is 14.9 Å². The van der Waals surface area contributed by atoms with Gasteiger partial charge in [0.2, 0.25) is 5.91 Å². The van der Waals surface area contributed by atoms with E-state index in [-0.39, 0.29) is 25.5 Å². The maximum Gasteiger partial charge on any atom is 0.328 e. The lowest BCUT2D eigenvalue weighted by Crippen LogP contribution is -2.60. The van der Waals surface area contributed by atoms with Gasteiger partial charge in [-0.25, -0.2) is 4.79 Å². The Hall–Kier alpha value is -2.49. The Morgan fingerprint density at radius 1 is 1.31 bits per heavy atom. The van der Waals surface area contributed by atoms with Crippen LogP contribution in [0, 0.1) is 0 Å². The molecule has 1 saturated heterocycles. The predicted octanol–water partition coefficient (Wildman–Crippen LogP) is -1.29. The number of H-pyrrole nitrogens is 1. The number of aliphatic hydroxyl groups is 2. The molecule has 1 aromatic heterocycles. The quantitative estimate of drug-likeness (QED) is 0.534. The lowest BCUT2D eigenvalue weighted by molar-refractivity contribution is -0.158. The smallest absolute Gasteiger partial charge is 0.328 e.